The summed E-state index contributed by atoms with van der Waals surface area (Å²) in [7, 11) is -3.95. The summed E-state index contributed by atoms with van der Waals surface area (Å²) in [5.41, 5.74) is 0.821. The molecule has 4 rings (SSSR count). The molecule has 1 aromatic heterocycles. The Labute approximate surface area is 177 Å². The molecule has 30 heavy (non-hydrogen) atoms. The molecule has 1 saturated heterocycles. The monoisotopic (exact) mass is 448 g/mol. The molecule has 0 saturated carbocycles. The highest BCUT2D eigenvalue weighted by Crippen LogP contribution is 2.29. The normalized spacial score (nSPS) is 15.3. The number of thiophene rings is 1. The molecule has 1 aliphatic rings. The van der Waals surface area contributed by atoms with Crippen molar-refractivity contribution in [2.45, 2.75) is 4.90 Å². The number of rotatable bonds is 4. The highest BCUT2D eigenvalue weighted by Gasteiger charge is 2.32. The molecule has 0 bridgehead atoms. The molecule has 0 unspecified atom stereocenters. The van der Waals surface area contributed by atoms with Crippen molar-refractivity contribution < 1.29 is 22.0 Å². The molecule has 2 heterocycles. The number of benzene rings is 2. The Morgan fingerprint density at radius 3 is 2.20 bits per heavy atom. The van der Waals surface area contributed by atoms with E-state index in [2.05, 4.69) is 0 Å². The summed E-state index contributed by atoms with van der Waals surface area (Å²) < 4.78 is 53.6. The second-order valence-electron chi connectivity index (χ2n) is 6.80. The Balaban J connectivity index is 1.44. The van der Waals surface area contributed by atoms with E-state index in [0.29, 0.717) is 4.88 Å². The van der Waals surface area contributed by atoms with Crippen LogP contribution in [0.1, 0.15) is 9.67 Å². The molecule has 0 atom stereocenters. The van der Waals surface area contributed by atoms with E-state index in [-0.39, 0.29) is 42.8 Å². The second-order valence-corrected chi connectivity index (χ2v) is 9.79. The van der Waals surface area contributed by atoms with Gasteiger partial charge in [0.25, 0.3) is 5.91 Å². The highest BCUT2D eigenvalue weighted by molar-refractivity contribution is 7.89. The molecule has 156 valence electrons. The first-order valence-electron chi connectivity index (χ1n) is 9.26. The van der Waals surface area contributed by atoms with Gasteiger partial charge in [0.05, 0.1) is 4.88 Å². The minimum absolute atomic E-state index is 0.0958. The molecule has 0 radical (unpaired) electrons. The van der Waals surface area contributed by atoms with Gasteiger partial charge >= 0.3 is 0 Å². The Bertz CT molecular complexity index is 1170. The molecule has 1 fully saturated rings. The average Bonchev–Trinajstić information content (AvgIpc) is 3.24. The quantitative estimate of drug-likeness (QED) is 0.609. The third-order valence-corrected chi connectivity index (χ3v) is 7.98. The van der Waals surface area contributed by atoms with Crippen LogP contribution in [0.15, 0.2) is 65.6 Å². The summed E-state index contributed by atoms with van der Waals surface area (Å²) in [5, 5.41) is 0. The third kappa shape index (κ3) is 4.00. The van der Waals surface area contributed by atoms with Gasteiger partial charge in [-0.25, -0.2) is 17.2 Å². The van der Waals surface area contributed by atoms with Crippen LogP contribution in [-0.2, 0) is 10.0 Å². The fourth-order valence-electron chi connectivity index (χ4n) is 3.30. The van der Waals surface area contributed by atoms with Crippen LogP contribution in [0.25, 0.3) is 10.4 Å². The zero-order chi connectivity index (χ0) is 21.3. The summed E-state index contributed by atoms with van der Waals surface area (Å²) >= 11 is 1.30. The molecule has 1 aliphatic heterocycles. The minimum atomic E-state index is -3.95. The van der Waals surface area contributed by atoms with Gasteiger partial charge in [0.2, 0.25) is 10.0 Å². The molecule has 3 aromatic rings. The summed E-state index contributed by atoms with van der Waals surface area (Å²) in [4.78, 5) is 15.4. The van der Waals surface area contributed by atoms with Crippen molar-refractivity contribution >= 4 is 27.3 Å². The molecule has 0 N–H and O–H groups in total. The van der Waals surface area contributed by atoms with Gasteiger partial charge < -0.3 is 4.90 Å². The predicted molar refractivity (Wildman–Crippen MR) is 111 cm³/mol. The van der Waals surface area contributed by atoms with Gasteiger partial charge in [0.15, 0.2) is 0 Å². The van der Waals surface area contributed by atoms with Gasteiger partial charge in [0.1, 0.15) is 16.5 Å². The first kappa shape index (κ1) is 20.6. The standard InChI is InChI=1S/C21H18F2N2O3S2/c22-16-7-5-15(6-8-16)18-9-10-19(29-18)21(26)24-11-13-25(14-12-24)30(27,28)20-4-2-1-3-17(20)23/h1-10H,11-14H2. The number of carbonyl (C=O) groups excluding carboxylic acids is 1. The molecule has 2 aromatic carbocycles. The van der Waals surface area contributed by atoms with Crippen molar-refractivity contribution in [1.82, 2.24) is 9.21 Å². The number of hydrogen-bond donors (Lipinski definition) is 0. The number of carbonyl (C=O) groups is 1. The van der Waals surface area contributed by atoms with Crippen LogP contribution in [-0.4, -0.2) is 49.7 Å². The Morgan fingerprint density at radius 1 is 0.867 bits per heavy atom. The van der Waals surface area contributed by atoms with Crippen LogP contribution in [0.3, 0.4) is 0 Å². The lowest BCUT2D eigenvalue weighted by Crippen LogP contribution is -2.50. The average molecular weight is 449 g/mol. The molecular formula is C21H18F2N2O3S2. The Morgan fingerprint density at radius 2 is 1.53 bits per heavy atom. The third-order valence-electron chi connectivity index (χ3n) is 4.93. The van der Waals surface area contributed by atoms with E-state index in [0.717, 1.165) is 16.5 Å². The van der Waals surface area contributed by atoms with Crippen molar-refractivity contribution in [3.8, 4) is 10.4 Å². The lowest BCUT2D eigenvalue weighted by Gasteiger charge is -2.33. The Kier molecular flexibility index (Phi) is 5.68. The van der Waals surface area contributed by atoms with Crippen molar-refractivity contribution in [1.29, 1.82) is 0 Å². The fraction of sp³-hybridized carbons (Fsp3) is 0.190. The lowest BCUT2D eigenvalue weighted by molar-refractivity contribution is 0.0702. The van der Waals surface area contributed by atoms with Gasteiger partial charge in [-0.3, -0.25) is 4.79 Å². The van der Waals surface area contributed by atoms with E-state index in [1.165, 1.54) is 46.0 Å². The molecular weight excluding hydrogens is 430 g/mol. The van der Waals surface area contributed by atoms with E-state index in [1.54, 1.807) is 23.1 Å². The number of halogens is 2. The zero-order valence-electron chi connectivity index (χ0n) is 15.8. The van der Waals surface area contributed by atoms with Crippen molar-refractivity contribution in [3.63, 3.8) is 0 Å². The topological polar surface area (TPSA) is 57.7 Å². The maximum atomic E-state index is 13.9. The molecule has 0 spiro atoms. The van der Waals surface area contributed by atoms with Crippen molar-refractivity contribution in [2.24, 2.45) is 0 Å². The second kappa shape index (κ2) is 8.25. The van der Waals surface area contributed by atoms with E-state index in [1.807, 2.05) is 6.07 Å². The molecule has 1 amide bonds. The van der Waals surface area contributed by atoms with Crippen LogP contribution in [0.5, 0.6) is 0 Å². The van der Waals surface area contributed by atoms with E-state index < -0.39 is 15.8 Å². The van der Waals surface area contributed by atoms with Gasteiger partial charge in [-0.15, -0.1) is 11.3 Å². The van der Waals surface area contributed by atoms with Gasteiger partial charge in [-0.05, 0) is 42.0 Å². The fourth-order valence-corrected chi connectivity index (χ4v) is 5.77. The number of sulfonamides is 1. The predicted octanol–water partition coefficient (Wildman–Crippen LogP) is 3.84. The van der Waals surface area contributed by atoms with Crippen LogP contribution < -0.4 is 0 Å². The molecule has 9 heteroatoms. The molecule has 0 aliphatic carbocycles. The van der Waals surface area contributed by atoms with Gasteiger partial charge in [-0.2, -0.15) is 4.31 Å². The maximum Gasteiger partial charge on any atom is 0.264 e. The Hall–Kier alpha value is -2.62. The van der Waals surface area contributed by atoms with Gasteiger partial charge in [-0.1, -0.05) is 24.3 Å². The van der Waals surface area contributed by atoms with Gasteiger partial charge in [0, 0.05) is 31.1 Å². The number of piperazine rings is 1. The lowest BCUT2D eigenvalue weighted by atomic mass is 10.2. The first-order valence-corrected chi connectivity index (χ1v) is 11.5. The largest absolute Gasteiger partial charge is 0.335 e. The van der Waals surface area contributed by atoms with Crippen LogP contribution in [0.4, 0.5) is 8.78 Å². The van der Waals surface area contributed by atoms with Crippen molar-refractivity contribution in [3.05, 3.63) is 77.2 Å². The van der Waals surface area contributed by atoms with Crippen LogP contribution in [0.2, 0.25) is 0 Å². The van der Waals surface area contributed by atoms with Crippen LogP contribution in [0, 0.1) is 11.6 Å². The summed E-state index contributed by atoms with van der Waals surface area (Å²) in [5.74, 6) is -1.30. The number of hydrogen-bond acceptors (Lipinski definition) is 4. The van der Waals surface area contributed by atoms with E-state index in [4.69, 9.17) is 0 Å². The van der Waals surface area contributed by atoms with E-state index in [9.17, 15) is 22.0 Å². The summed E-state index contributed by atoms with van der Waals surface area (Å²) in [6.07, 6.45) is 0. The van der Waals surface area contributed by atoms with Crippen LogP contribution >= 0.6 is 11.3 Å². The number of amides is 1. The summed E-state index contributed by atoms with van der Waals surface area (Å²) in [6.45, 7) is 0.629. The minimum Gasteiger partial charge on any atom is -0.335 e. The zero-order valence-corrected chi connectivity index (χ0v) is 17.4. The summed E-state index contributed by atoms with van der Waals surface area (Å²) in [6, 6.07) is 14.8. The first-order chi connectivity index (χ1) is 14.4. The van der Waals surface area contributed by atoms with Crippen molar-refractivity contribution in [2.75, 3.05) is 26.2 Å². The molecule has 5 nitrogen and oxygen atoms in total. The SMILES string of the molecule is O=C(c1ccc(-c2ccc(F)cc2)s1)N1CCN(S(=O)(=O)c2ccccc2F)CC1. The number of nitrogens with zero attached hydrogens (tertiary/aromatic N) is 2. The highest BCUT2D eigenvalue weighted by atomic mass is 32.2. The maximum absolute atomic E-state index is 13.9. The smallest absolute Gasteiger partial charge is 0.264 e. The van der Waals surface area contributed by atoms with E-state index >= 15 is 0 Å².